The number of fused-ring (bicyclic) bond motifs is 1. The van der Waals surface area contributed by atoms with Gasteiger partial charge in [0, 0.05) is 23.2 Å². The first-order valence-electron chi connectivity index (χ1n) is 6.86. The molecule has 21 heavy (non-hydrogen) atoms. The Morgan fingerprint density at radius 3 is 2.57 bits per heavy atom. The number of nitrogens with one attached hydrogen (secondary N) is 1. The Bertz CT molecular complexity index is 799. The third-order valence-corrected chi connectivity index (χ3v) is 3.38. The minimum atomic E-state index is -0.225. The molecule has 0 atom stereocenters. The Kier molecular flexibility index (Phi) is 3.62. The van der Waals surface area contributed by atoms with Crippen LogP contribution in [0.4, 0.5) is 4.39 Å². The predicted octanol–water partition coefficient (Wildman–Crippen LogP) is 3.46. The Balaban J connectivity index is 2.23. The molecule has 1 heterocycles. The van der Waals surface area contributed by atoms with E-state index < -0.39 is 0 Å². The summed E-state index contributed by atoms with van der Waals surface area (Å²) in [5.41, 5.74) is 2.68. The Labute approximate surface area is 122 Å². The number of aromatic nitrogens is 2. The van der Waals surface area contributed by atoms with Crippen LogP contribution in [0.25, 0.3) is 22.2 Å². The summed E-state index contributed by atoms with van der Waals surface area (Å²) in [6, 6.07) is 12.6. The molecule has 0 aliphatic heterocycles. The predicted molar refractivity (Wildman–Crippen MR) is 82.4 cm³/mol. The van der Waals surface area contributed by atoms with Gasteiger partial charge in [0.05, 0.1) is 5.69 Å². The number of aryl methyl sites for hydroxylation is 1. The summed E-state index contributed by atoms with van der Waals surface area (Å²) in [6.45, 7) is 2.62. The molecule has 3 aromatic rings. The fraction of sp³-hybridized carbons (Fsp3) is 0.176. The van der Waals surface area contributed by atoms with Crippen molar-refractivity contribution in [3.05, 3.63) is 59.7 Å². The van der Waals surface area contributed by atoms with E-state index in [9.17, 15) is 4.39 Å². The molecule has 0 bridgehead atoms. The van der Waals surface area contributed by atoms with Crippen molar-refractivity contribution in [3.8, 4) is 11.4 Å². The second-order valence-corrected chi connectivity index (χ2v) is 5.00. The summed E-state index contributed by atoms with van der Waals surface area (Å²) in [4.78, 5) is 9.08. The van der Waals surface area contributed by atoms with Crippen LogP contribution in [-0.2, 0) is 6.54 Å². The van der Waals surface area contributed by atoms with Gasteiger partial charge in [-0.1, -0.05) is 24.3 Å². The summed E-state index contributed by atoms with van der Waals surface area (Å²) >= 11 is 0. The fourth-order valence-corrected chi connectivity index (χ4v) is 2.48. The summed E-state index contributed by atoms with van der Waals surface area (Å²) in [5, 5.41) is 4.51. The summed E-state index contributed by atoms with van der Waals surface area (Å²) in [6.07, 6.45) is 0. The van der Waals surface area contributed by atoms with Crippen LogP contribution in [0.1, 0.15) is 11.4 Å². The molecule has 0 amide bonds. The molecule has 1 N–H and O–H groups in total. The van der Waals surface area contributed by atoms with Gasteiger partial charge in [-0.25, -0.2) is 14.4 Å². The van der Waals surface area contributed by atoms with Crippen LogP contribution >= 0.6 is 0 Å². The lowest BCUT2D eigenvalue weighted by atomic mass is 10.0. The highest BCUT2D eigenvalue weighted by Gasteiger charge is 2.11. The lowest BCUT2D eigenvalue weighted by Crippen LogP contribution is -2.08. The van der Waals surface area contributed by atoms with Crippen LogP contribution in [0.5, 0.6) is 0 Å². The third-order valence-electron chi connectivity index (χ3n) is 3.38. The van der Waals surface area contributed by atoms with Crippen LogP contribution < -0.4 is 5.32 Å². The van der Waals surface area contributed by atoms with E-state index in [2.05, 4.69) is 15.3 Å². The van der Waals surface area contributed by atoms with Gasteiger partial charge >= 0.3 is 0 Å². The largest absolute Gasteiger partial charge is 0.314 e. The average Bonchev–Trinajstić information content (AvgIpc) is 2.47. The van der Waals surface area contributed by atoms with Crippen molar-refractivity contribution in [2.24, 2.45) is 0 Å². The lowest BCUT2D eigenvalue weighted by molar-refractivity contribution is 0.640. The van der Waals surface area contributed by atoms with Crippen LogP contribution in [0.3, 0.4) is 0 Å². The maximum Gasteiger partial charge on any atom is 0.160 e. The Morgan fingerprint density at radius 2 is 1.81 bits per heavy atom. The van der Waals surface area contributed by atoms with Gasteiger partial charge in [-0.3, -0.25) is 0 Å². The Hall–Kier alpha value is -2.33. The third kappa shape index (κ3) is 2.62. The van der Waals surface area contributed by atoms with Crippen molar-refractivity contribution < 1.29 is 4.39 Å². The van der Waals surface area contributed by atoms with Gasteiger partial charge < -0.3 is 5.32 Å². The molecule has 4 heteroatoms. The highest BCUT2D eigenvalue weighted by molar-refractivity contribution is 5.95. The van der Waals surface area contributed by atoms with Crippen LogP contribution in [0, 0.1) is 12.7 Å². The first-order valence-corrected chi connectivity index (χ1v) is 6.86. The monoisotopic (exact) mass is 281 g/mol. The van der Waals surface area contributed by atoms with E-state index in [0.717, 1.165) is 22.3 Å². The Morgan fingerprint density at radius 1 is 1.05 bits per heavy atom. The smallest absolute Gasteiger partial charge is 0.160 e. The fourth-order valence-electron chi connectivity index (χ4n) is 2.48. The van der Waals surface area contributed by atoms with Gasteiger partial charge in [-0.05, 0) is 37.6 Å². The van der Waals surface area contributed by atoms with Crippen molar-refractivity contribution >= 4 is 10.8 Å². The van der Waals surface area contributed by atoms with Crippen molar-refractivity contribution in [1.29, 1.82) is 0 Å². The topological polar surface area (TPSA) is 37.8 Å². The van der Waals surface area contributed by atoms with E-state index in [1.54, 1.807) is 12.1 Å². The van der Waals surface area contributed by atoms with E-state index >= 15 is 0 Å². The van der Waals surface area contributed by atoms with Gasteiger partial charge in [0.2, 0.25) is 0 Å². The molecule has 0 fully saturated rings. The molecule has 106 valence electrons. The lowest BCUT2D eigenvalue weighted by Gasteiger charge is -2.09. The van der Waals surface area contributed by atoms with Crippen molar-refractivity contribution in [2.45, 2.75) is 13.5 Å². The second kappa shape index (κ2) is 5.58. The van der Waals surface area contributed by atoms with Crippen molar-refractivity contribution in [3.63, 3.8) is 0 Å². The number of rotatable bonds is 3. The number of halogens is 1. The van der Waals surface area contributed by atoms with Gasteiger partial charge in [-0.15, -0.1) is 0 Å². The molecule has 3 rings (SSSR count). The highest BCUT2D eigenvalue weighted by Crippen LogP contribution is 2.28. The SMILES string of the molecule is CNCc1cc(C)nc(-c2ccc(F)c3ccccc23)n1. The molecule has 0 spiro atoms. The maximum absolute atomic E-state index is 13.9. The number of nitrogens with zero attached hydrogens (tertiary/aromatic N) is 2. The van der Waals surface area contributed by atoms with Gasteiger partial charge in [0.1, 0.15) is 5.82 Å². The molecular formula is C17H16FN3. The summed E-state index contributed by atoms with van der Waals surface area (Å²) in [5.74, 6) is 0.411. The molecule has 0 radical (unpaired) electrons. The molecule has 0 saturated heterocycles. The molecular weight excluding hydrogens is 265 g/mol. The molecule has 0 unspecified atom stereocenters. The van der Waals surface area contributed by atoms with E-state index in [1.807, 2.05) is 38.2 Å². The van der Waals surface area contributed by atoms with Crippen LogP contribution in [-0.4, -0.2) is 17.0 Å². The van der Waals surface area contributed by atoms with Gasteiger partial charge in [-0.2, -0.15) is 0 Å². The molecule has 3 nitrogen and oxygen atoms in total. The first-order chi connectivity index (χ1) is 10.2. The average molecular weight is 281 g/mol. The normalized spacial score (nSPS) is 11.0. The second-order valence-electron chi connectivity index (χ2n) is 5.00. The number of benzene rings is 2. The van der Waals surface area contributed by atoms with Crippen LogP contribution in [0.2, 0.25) is 0 Å². The van der Waals surface area contributed by atoms with Gasteiger partial charge in [0.15, 0.2) is 5.82 Å². The molecule has 1 aromatic heterocycles. The first kappa shape index (κ1) is 13.6. The molecule has 0 aliphatic rings. The molecule has 0 saturated carbocycles. The number of hydrogen-bond acceptors (Lipinski definition) is 3. The zero-order chi connectivity index (χ0) is 14.8. The summed E-state index contributed by atoms with van der Waals surface area (Å²) < 4.78 is 13.9. The van der Waals surface area contributed by atoms with Crippen molar-refractivity contribution in [1.82, 2.24) is 15.3 Å². The minimum Gasteiger partial charge on any atom is -0.314 e. The highest BCUT2D eigenvalue weighted by atomic mass is 19.1. The van der Waals surface area contributed by atoms with Crippen LogP contribution in [0.15, 0.2) is 42.5 Å². The zero-order valence-electron chi connectivity index (χ0n) is 12.0. The van der Waals surface area contributed by atoms with Gasteiger partial charge in [0.25, 0.3) is 0 Å². The zero-order valence-corrected chi connectivity index (χ0v) is 12.0. The van der Waals surface area contributed by atoms with Crippen molar-refractivity contribution in [2.75, 3.05) is 7.05 Å². The quantitative estimate of drug-likeness (QED) is 0.799. The summed E-state index contributed by atoms with van der Waals surface area (Å²) in [7, 11) is 1.88. The van der Waals surface area contributed by atoms with E-state index in [-0.39, 0.29) is 5.82 Å². The minimum absolute atomic E-state index is 0.225. The van der Waals surface area contributed by atoms with E-state index in [0.29, 0.717) is 17.8 Å². The van der Waals surface area contributed by atoms with E-state index in [4.69, 9.17) is 0 Å². The molecule has 0 aliphatic carbocycles. The van der Waals surface area contributed by atoms with E-state index in [1.165, 1.54) is 6.07 Å². The standard InChI is InChI=1S/C17H16FN3/c1-11-9-12(10-19-2)21-17(20-11)15-7-8-16(18)14-6-4-3-5-13(14)15/h3-9,19H,10H2,1-2H3. The maximum atomic E-state index is 13.9. The molecule has 2 aromatic carbocycles. The number of hydrogen-bond donors (Lipinski definition) is 1.